The maximum atomic E-state index is 6.37. The minimum absolute atomic E-state index is 0.928. The summed E-state index contributed by atoms with van der Waals surface area (Å²) in [6, 6.07) is 6.48. The Bertz CT molecular complexity index is 640. The smallest absolute Gasteiger partial charge is 0.107 e. The Morgan fingerprint density at radius 1 is 1.32 bits per heavy atom. The van der Waals surface area contributed by atoms with Gasteiger partial charge in [0, 0.05) is 24.9 Å². The fraction of sp³-hybridized carbons (Fsp3) is 0.375. The third-order valence-corrected chi connectivity index (χ3v) is 3.92. The first-order valence-corrected chi connectivity index (χ1v) is 6.84. The van der Waals surface area contributed by atoms with Crippen LogP contribution in [0.15, 0.2) is 30.4 Å². The zero-order chi connectivity index (χ0) is 13.4. The molecule has 0 radical (unpaired) electrons. The first-order valence-electron chi connectivity index (χ1n) is 6.84. The average Bonchev–Trinajstić information content (AvgIpc) is 2.41. The number of hydrogen-bond acceptors (Lipinski definition) is 3. The summed E-state index contributed by atoms with van der Waals surface area (Å²) in [5.41, 5.74) is 9.19. The summed E-state index contributed by atoms with van der Waals surface area (Å²) in [5, 5.41) is 2.59. The van der Waals surface area contributed by atoms with Crippen LogP contribution in [0.5, 0.6) is 0 Å². The van der Waals surface area contributed by atoms with Crippen molar-refractivity contribution in [3.05, 3.63) is 46.4 Å². The normalized spacial score (nSPS) is 17.1. The van der Waals surface area contributed by atoms with Crippen molar-refractivity contribution in [2.24, 2.45) is 5.73 Å². The van der Waals surface area contributed by atoms with Crippen molar-refractivity contribution >= 4 is 11.4 Å². The Morgan fingerprint density at radius 2 is 2.16 bits per heavy atom. The van der Waals surface area contributed by atoms with E-state index in [1.807, 2.05) is 0 Å². The van der Waals surface area contributed by atoms with E-state index in [9.17, 15) is 0 Å². The molecule has 2 N–H and O–H groups in total. The van der Waals surface area contributed by atoms with Gasteiger partial charge in [0.15, 0.2) is 0 Å². The maximum Gasteiger partial charge on any atom is 0.107 e. The van der Waals surface area contributed by atoms with Crippen LogP contribution in [0, 0.1) is 0 Å². The summed E-state index contributed by atoms with van der Waals surface area (Å²) in [4.78, 5) is 4.48. The van der Waals surface area contributed by atoms with E-state index in [4.69, 9.17) is 5.73 Å². The molecule has 19 heavy (non-hydrogen) atoms. The summed E-state index contributed by atoms with van der Waals surface area (Å²) in [6.07, 6.45) is 5.55. The fourth-order valence-corrected chi connectivity index (χ4v) is 2.89. The Morgan fingerprint density at radius 3 is 2.95 bits per heavy atom. The molecule has 3 nitrogen and oxygen atoms in total. The summed E-state index contributed by atoms with van der Waals surface area (Å²) >= 11 is 0. The van der Waals surface area contributed by atoms with Crippen LogP contribution in [0.3, 0.4) is 0 Å². The van der Waals surface area contributed by atoms with Crippen LogP contribution < -0.4 is 16.2 Å². The minimum Gasteiger partial charge on any atom is -0.385 e. The van der Waals surface area contributed by atoms with Crippen molar-refractivity contribution in [1.29, 1.82) is 0 Å². The molecular weight excluding hydrogens is 234 g/mol. The number of hydrogen-bond donors (Lipinski definition) is 1. The number of benzene rings is 1. The van der Waals surface area contributed by atoms with E-state index >= 15 is 0 Å². The number of likely N-dealkylation sites (N-methyl/N-ethyl adjacent to an activating group) is 1. The van der Waals surface area contributed by atoms with Crippen LogP contribution >= 0.6 is 0 Å². The predicted octanol–water partition coefficient (Wildman–Crippen LogP) is -0.149. The Hall–Kier alpha value is -1.74. The molecule has 0 saturated carbocycles. The predicted molar refractivity (Wildman–Crippen MR) is 79.7 cm³/mol. The zero-order valence-corrected chi connectivity index (χ0v) is 11.7. The van der Waals surface area contributed by atoms with E-state index in [-0.39, 0.29) is 0 Å². The molecule has 100 valence electrons. The Kier molecular flexibility index (Phi) is 3.07. The second-order valence-electron chi connectivity index (χ2n) is 5.58. The molecule has 0 saturated heterocycles. The number of nitrogens with two attached hydrogens (primary N) is 1. The Labute approximate surface area is 114 Å². The molecule has 0 atom stereocenters. The van der Waals surface area contributed by atoms with Gasteiger partial charge < -0.3 is 15.5 Å². The van der Waals surface area contributed by atoms with Crippen molar-refractivity contribution in [2.75, 3.05) is 33.7 Å². The molecule has 1 aromatic rings. The van der Waals surface area contributed by atoms with Crippen LogP contribution in [0.1, 0.15) is 5.56 Å². The largest absolute Gasteiger partial charge is 0.385 e. The van der Waals surface area contributed by atoms with Gasteiger partial charge in [-0.2, -0.15) is 0 Å². The molecule has 0 amide bonds. The third-order valence-electron chi connectivity index (χ3n) is 3.92. The van der Waals surface area contributed by atoms with Crippen LogP contribution in [-0.4, -0.2) is 43.5 Å². The minimum atomic E-state index is 0.928. The maximum absolute atomic E-state index is 6.37. The van der Waals surface area contributed by atoms with Gasteiger partial charge in [-0.15, -0.1) is 0 Å². The van der Waals surface area contributed by atoms with Crippen molar-refractivity contribution in [1.82, 2.24) is 9.80 Å². The number of nitrogens with zero attached hydrogens (tertiary/aromatic N) is 2. The van der Waals surface area contributed by atoms with Gasteiger partial charge in [0.2, 0.25) is 0 Å². The summed E-state index contributed by atoms with van der Waals surface area (Å²) in [5.74, 6) is 0.928. The molecule has 0 bridgehead atoms. The highest BCUT2D eigenvalue weighted by molar-refractivity contribution is 5.67. The first-order chi connectivity index (χ1) is 9.16. The molecule has 3 heteroatoms. The van der Waals surface area contributed by atoms with Crippen molar-refractivity contribution < 1.29 is 0 Å². The molecule has 1 heterocycles. The lowest BCUT2D eigenvalue weighted by atomic mass is 9.94. The van der Waals surface area contributed by atoms with Crippen molar-refractivity contribution in [3.8, 4) is 0 Å². The highest BCUT2D eigenvalue weighted by atomic mass is 15.2. The highest BCUT2D eigenvalue weighted by Gasteiger charge is 2.18. The van der Waals surface area contributed by atoms with Crippen LogP contribution in [0.2, 0.25) is 0 Å². The molecule has 0 aromatic heterocycles. The number of rotatable bonds is 3. The van der Waals surface area contributed by atoms with E-state index in [2.05, 4.69) is 54.2 Å². The van der Waals surface area contributed by atoms with Gasteiger partial charge in [0.1, 0.15) is 5.82 Å². The van der Waals surface area contributed by atoms with E-state index in [1.54, 1.807) is 0 Å². The van der Waals surface area contributed by atoms with Gasteiger partial charge in [0.05, 0.1) is 0 Å². The lowest BCUT2D eigenvalue weighted by Crippen LogP contribution is -2.48. The van der Waals surface area contributed by atoms with Gasteiger partial charge in [-0.1, -0.05) is 30.4 Å². The molecule has 0 spiro atoms. The van der Waals surface area contributed by atoms with Crippen LogP contribution in [-0.2, 0) is 6.42 Å². The quantitative estimate of drug-likeness (QED) is 0.815. The average molecular weight is 255 g/mol. The van der Waals surface area contributed by atoms with E-state index in [0.29, 0.717) is 0 Å². The highest BCUT2D eigenvalue weighted by Crippen LogP contribution is 2.13. The van der Waals surface area contributed by atoms with Gasteiger partial charge >= 0.3 is 0 Å². The summed E-state index contributed by atoms with van der Waals surface area (Å²) in [7, 11) is 4.19. The van der Waals surface area contributed by atoms with Crippen LogP contribution in [0.25, 0.3) is 11.4 Å². The van der Waals surface area contributed by atoms with E-state index < -0.39 is 0 Å². The second-order valence-corrected chi connectivity index (χ2v) is 5.58. The van der Waals surface area contributed by atoms with Gasteiger partial charge in [-0.3, -0.25) is 0 Å². The second kappa shape index (κ2) is 4.74. The van der Waals surface area contributed by atoms with E-state index in [1.165, 1.54) is 21.6 Å². The third kappa shape index (κ3) is 2.15. The van der Waals surface area contributed by atoms with Gasteiger partial charge in [-0.05, 0) is 36.9 Å². The molecule has 2 aliphatic rings. The SMILES string of the molecule is CN(C)CCN1CC2=c3c(cccc3=C1N)CC=C2. The molecule has 1 aliphatic heterocycles. The Balaban J connectivity index is 2.08. The lowest BCUT2D eigenvalue weighted by Gasteiger charge is -2.31. The molecular formula is C16H21N3. The van der Waals surface area contributed by atoms with Gasteiger partial charge in [-0.25, -0.2) is 0 Å². The standard InChI is InChI=1S/C16H21N3/c1-18(2)9-10-19-11-13-7-3-5-12-6-4-8-14(15(12)13)16(19)17/h3-4,6-8H,5,9-11,17H2,1-2H3. The van der Waals surface area contributed by atoms with Crippen LogP contribution in [0.4, 0.5) is 0 Å². The van der Waals surface area contributed by atoms with Crippen molar-refractivity contribution in [3.63, 3.8) is 0 Å². The summed E-state index contributed by atoms with van der Waals surface area (Å²) < 4.78 is 0. The van der Waals surface area contributed by atoms with Gasteiger partial charge in [0.25, 0.3) is 0 Å². The topological polar surface area (TPSA) is 32.5 Å². The summed E-state index contributed by atoms with van der Waals surface area (Å²) in [6.45, 7) is 2.92. The monoisotopic (exact) mass is 255 g/mol. The molecule has 0 fully saturated rings. The molecule has 3 rings (SSSR count). The molecule has 1 aliphatic carbocycles. The zero-order valence-electron chi connectivity index (χ0n) is 11.7. The number of allylic oxidation sites excluding steroid dienone is 1. The lowest BCUT2D eigenvalue weighted by molar-refractivity contribution is 0.331. The molecule has 0 unspecified atom stereocenters. The fourth-order valence-electron chi connectivity index (χ4n) is 2.89. The van der Waals surface area contributed by atoms with Crippen molar-refractivity contribution in [2.45, 2.75) is 6.42 Å². The van der Waals surface area contributed by atoms with E-state index in [0.717, 1.165) is 31.9 Å². The first kappa shape index (κ1) is 12.3. The molecule has 1 aromatic carbocycles.